The summed E-state index contributed by atoms with van der Waals surface area (Å²) in [5.74, 6) is 0.656. The summed E-state index contributed by atoms with van der Waals surface area (Å²) in [7, 11) is 1.99. The summed E-state index contributed by atoms with van der Waals surface area (Å²) in [6.07, 6.45) is 3.57. The Morgan fingerprint density at radius 2 is 1.88 bits per heavy atom. The molecule has 6 rings (SSSR count). The molecule has 0 radical (unpaired) electrons. The molecule has 13 heteroatoms. The van der Waals surface area contributed by atoms with Crippen molar-refractivity contribution in [2.24, 2.45) is 5.92 Å². The Morgan fingerprint density at radius 3 is 2.60 bits per heavy atom. The number of fused-ring (bicyclic) bond motifs is 1. The molecule has 0 bridgehead atoms. The Balaban J connectivity index is 1.17. The van der Waals surface area contributed by atoms with Crippen LogP contribution in [0.1, 0.15) is 19.0 Å². The minimum atomic E-state index is -2.13. The quantitative estimate of drug-likeness (QED) is 0.278. The van der Waals surface area contributed by atoms with Gasteiger partial charge in [-0.25, -0.2) is 14.4 Å². The maximum Gasteiger partial charge on any atom is 0.227 e. The highest BCUT2D eigenvalue weighted by atomic mass is 32.2. The number of anilines is 3. The Kier molecular flexibility index (Phi) is 8.26. The predicted molar refractivity (Wildman–Crippen MR) is 162 cm³/mol. The highest BCUT2D eigenvalue weighted by Crippen LogP contribution is 2.34. The summed E-state index contributed by atoms with van der Waals surface area (Å²) in [4.78, 5) is 31.0. The van der Waals surface area contributed by atoms with Crippen LogP contribution < -0.4 is 9.80 Å². The number of imidazole rings is 1. The number of thiazole rings is 1. The number of aryl methyl sites for hydroxylation is 1. The van der Waals surface area contributed by atoms with E-state index in [1.807, 2.05) is 28.3 Å². The number of carbonyl (C=O) groups excluding carboxylic acids is 1. The van der Waals surface area contributed by atoms with Crippen molar-refractivity contribution in [3.05, 3.63) is 59.5 Å². The highest BCUT2D eigenvalue weighted by molar-refractivity contribution is 7.79. The van der Waals surface area contributed by atoms with Crippen molar-refractivity contribution in [3.8, 4) is 11.3 Å². The van der Waals surface area contributed by atoms with Crippen LogP contribution >= 0.6 is 11.3 Å². The fourth-order valence-electron chi connectivity index (χ4n) is 5.86. The molecule has 2 aliphatic rings. The van der Waals surface area contributed by atoms with E-state index in [9.17, 15) is 17.9 Å². The molecule has 42 heavy (non-hydrogen) atoms. The van der Waals surface area contributed by atoms with Crippen molar-refractivity contribution < 1.29 is 17.9 Å². The third-order valence-electron chi connectivity index (χ3n) is 8.08. The van der Waals surface area contributed by atoms with Crippen LogP contribution in [0, 0.1) is 11.7 Å². The van der Waals surface area contributed by atoms with Crippen LogP contribution in [0.25, 0.3) is 16.9 Å². The predicted octanol–water partition coefficient (Wildman–Crippen LogP) is 3.73. The third-order valence-corrected chi connectivity index (χ3v) is 9.58. The number of pyridine rings is 1. The van der Waals surface area contributed by atoms with Crippen LogP contribution in [0.2, 0.25) is 0 Å². The van der Waals surface area contributed by atoms with Crippen molar-refractivity contribution in [2.45, 2.75) is 19.8 Å². The van der Waals surface area contributed by atoms with Gasteiger partial charge in [0, 0.05) is 56.9 Å². The first-order valence-electron chi connectivity index (χ1n) is 14.1. The second kappa shape index (κ2) is 12.1. The molecule has 0 spiro atoms. The summed E-state index contributed by atoms with van der Waals surface area (Å²) in [6, 6.07) is 10.5. The van der Waals surface area contributed by atoms with Gasteiger partial charge in [-0.3, -0.25) is 18.3 Å². The Hall–Kier alpha value is -3.39. The molecule has 0 N–H and O–H groups in total. The number of likely N-dealkylation sites (tertiary alicyclic amines) is 1. The maximum atomic E-state index is 13.4. The lowest BCUT2D eigenvalue weighted by molar-refractivity contribution is -0.135. The van der Waals surface area contributed by atoms with Crippen LogP contribution in [0.15, 0.2) is 48.0 Å². The first-order chi connectivity index (χ1) is 20.3. The summed E-state index contributed by atoms with van der Waals surface area (Å²) in [5.41, 5.74) is 4.54. The zero-order valence-corrected chi connectivity index (χ0v) is 25.2. The molecule has 3 aromatic heterocycles. The van der Waals surface area contributed by atoms with Crippen LogP contribution in [0.3, 0.4) is 0 Å². The van der Waals surface area contributed by atoms with Crippen molar-refractivity contribution in [2.75, 3.05) is 62.0 Å². The van der Waals surface area contributed by atoms with Gasteiger partial charge in [-0.2, -0.15) is 0 Å². The van der Waals surface area contributed by atoms with Gasteiger partial charge in [0.15, 0.2) is 5.13 Å². The number of nitrogens with zero attached hydrogens (tertiary/aromatic N) is 7. The Morgan fingerprint density at radius 1 is 1.12 bits per heavy atom. The number of aromatic nitrogens is 3. The zero-order chi connectivity index (χ0) is 29.4. The monoisotopic (exact) mass is 610 g/mol. The molecule has 5 heterocycles. The average molecular weight is 611 g/mol. The summed E-state index contributed by atoms with van der Waals surface area (Å²) < 4.78 is 37.6. The fourth-order valence-corrected chi connectivity index (χ4v) is 7.19. The van der Waals surface area contributed by atoms with Crippen molar-refractivity contribution >= 4 is 50.6 Å². The van der Waals surface area contributed by atoms with Gasteiger partial charge in [0.05, 0.1) is 28.9 Å². The van der Waals surface area contributed by atoms with Gasteiger partial charge in [-0.1, -0.05) is 6.92 Å². The molecule has 1 amide bonds. The molecule has 2 unspecified atom stereocenters. The lowest BCUT2D eigenvalue weighted by atomic mass is 10.1. The third kappa shape index (κ3) is 5.78. The normalized spacial score (nSPS) is 18.6. The number of piperazine rings is 1. The number of carbonyl (C=O) groups is 1. The van der Waals surface area contributed by atoms with E-state index in [4.69, 9.17) is 9.97 Å². The van der Waals surface area contributed by atoms with E-state index in [1.165, 1.54) is 23.5 Å². The highest BCUT2D eigenvalue weighted by Gasteiger charge is 2.33. The van der Waals surface area contributed by atoms with Gasteiger partial charge in [0.2, 0.25) is 5.91 Å². The second-order valence-electron chi connectivity index (χ2n) is 10.7. The first-order valence-corrected chi connectivity index (χ1v) is 16.2. The van der Waals surface area contributed by atoms with Crippen LogP contribution in [-0.2, 0) is 22.3 Å². The minimum Gasteiger partial charge on any atom is -0.771 e. The van der Waals surface area contributed by atoms with Crippen molar-refractivity contribution in [1.29, 1.82) is 0 Å². The molecule has 2 aliphatic heterocycles. The molecule has 222 valence electrons. The fraction of sp³-hybridized carbons (Fsp3) is 0.414. The number of benzene rings is 1. The molecule has 2 fully saturated rings. The molecule has 1 aromatic carbocycles. The molecule has 10 nitrogen and oxygen atoms in total. The van der Waals surface area contributed by atoms with Gasteiger partial charge in [0.25, 0.3) is 0 Å². The van der Waals surface area contributed by atoms with Gasteiger partial charge in [0.1, 0.15) is 17.3 Å². The number of hydrogen-bond acceptors (Lipinski definition) is 9. The van der Waals surface area contributed by atoms with E-state index >= 15 is 0 Å². The summed E-state index contributed by atoms with van der Waals surface area (Å²) in [6.45, 7) is 5.92. The second-order valence-corrected chi connectivity index (χ2v) is 12.4. The van der Waals surface area contributed by atoms with E-state index in [2.05, 4.69) is 33.4 Å². The minimum absolute atomic E-state index is 0.0107. The van der Waals surface area contributed by atoms with E-state index in [1.54, 1.807) is 12.1 Å². The van der Waals surface area contributed by atoms with Gasteiger partial charge in [-0.05, 0) is 66.9 Å². The lowest BCUT2D eigenvalue weighted by Gasteiger charge is -2.37. The Labute approximate surface area is 250 Å². The molecule has 2 saturated heterocycles. The molecule has 2 atom stereocenters. The van der Waals surface area contributed by atoms with E-state index < -0.39 is 11.1 Å². The summed E-state index contributed by atoms with van der Waals surface area (Å²) in [5, 5.41) is 2.80. The smallest absolute Gasteiger partial charge is 0.227 e. The topological polar surface area (TPSA) is 100 Å². The SMILES string of the molecule is CCc1nc2ccc(N3CCN(C(=O)C4CCN(CS(=O)[O-])C4)CC3)cn2c1N(C)c1nc(-c2ccc(F)cc2)cs1. The molecular weight excluding hydrogens is 577 g/mol. The molecule has 0 saturated carbocycles. The number of halogens is 1. The number of amides is 1. The van der Waals surface area contributed by atoms with E-state index in [0.29, 0.717) is 45.7 Å². The van der Waals surface area contributed by atoms with Gasteiger partial charge < -0.3 is 19.3 Å². The van der Waals surface area contributed by atoms with Crippen LogP contribution in [0.4, 0.5) is 21.0 Å². The zero-order valence-electron chi connectivity index (χ0n) is 23.6. The molecular formula is C29H33FN7O3S2-. The van der Waals surface area contributed by atoms with Gasteiger partial charge in [-0.15, -0.1) is 11.3 Å². The van der Waals surface area contributed by atoms with Crippen LogP contribution in [-0.4, -0.2) is 91.0 Å². The first kappa shape index (κ1) is 28.7. The van der Waals surface area contributed by atoms with E-state index in [-0.39, 0.29) is 23.5 Å². The molecule has 0 aliphatic carbocycles. The lowest BCUT2D eigenvalue weighted by Crippen LogP contribution is -2.50. The van der Waals surface area contributed by atoms with Crippen molar-refractivity contribution in [1.82, 2.24) is 24.2 Å². The maximum absolute atomic E-state index is 13.4. The van der Waals surface area contributed by atoms with E-state index in [0.717, 1.165) is 45.7 Å². The summed E-state index contributed by atoms with van der Waals surface area (Å²) >= 11 is -0.597. The molecule has 4 aromatic rings. The standard InChI is InChI=1S/C29H34FN7O3S2/c1-3-24-27(33(2)29-32-25(18-41-29)20-4-6-22(30)7-5-20)37-17-23(8-9-26(37)31-24)35-12-14-36(15-13-35)28(38)21-10-11-34(16-21)19-42(39)40/h4-9,17-18,21H,3,10-16,19H2,1-2H3,(H,39,40)/p-1. The number of rotatable bonds is 8. The van der Waals surface area contributed by atoms with Crippen LogP contribution in [0.5, 0.6) is 0 Å². The van der Waals surface area contributed by atoms with Gasteiger partial charge >= 0.3 is 0 Å². The Bertz CT molecular complexity index is 1600. The average Bonchev–Trinajstić information content (AvgIpc) is 3.75. The van der Waals surface area contributed by atoms with Crippen molar-refractivity contribution in [3.63, 3.8) is 0 Å². The number of hydrogen-bond donors (Lipinski definition) is 0. The largest absolute Gasteiger partial charge is 0.771 e.